The highest BCUT2D eigenvalue weighted by atomic mass is 19.4. The molecule has 98 valence electrons. The number of aromatic nitrogens is 1. The summed E-state index contributed by atoms with van der Waals surface area (Å²) in [6.07, 6.45) is -4.35. The molecule has 1 heterocycles. The molecule has 18 heavy (non-hydrogen) atoms. The zero-order valence-corrected chi connectivity index (χ0v) is 9.12. The van der Waals surface area contributed by atoms with Gasteiger partial charge in [-0.25, -0.2) is 0 Å². The Morgan fingerprint density at radius 1 is 1.33 bits per heavy atom. The van der Waals surface area contributed by atoms with Gasteiger partial charge in [-0.15, -0.1) is 0 Å². The maximum absolute atomic E-state index is 11.8. The molecule has 5 nitrogen and oxygen atoms in total. The van der Waals surface area contributed by atoms with Gasteiger partial charge in [0.15, 0.2) is 0 Å². The summed E-state index contributed by atoms with van der Waals surface area (Å²) >= 11 is 0. The molecule has 1 aromatic rings. The average molecular weight is 261 g/mol. The largest absolute Gasteiger partial charge is 0.390 e. The van der Waals surface area contributed by atoms with E-state index in [2.05, 4.69) is 10.3 Å². The quantitative estimate of drug-likeness (QED) is 0.843. The highest BCUT2D eigenvalue weighted by molar-refractivity contribution is 5.95. The molecule has 0 aliphatic rings. The summed E-state index contributed by atoms with van der Waals surface area (Å²) in [5, 5.41) is 2.07. The van der Waals surface area contributed by atoms with E-state index in [0.717, 1.165) is 6.20 Å². The number of hydrogen-bond donors (Lipinski definition) is 2. The van der Waals surface area contributed by atoms with Crippen LogP contribution in [-0.4, -0.2) is 29.5 Å². The van der Waals surface area contributed by atoms with E-state index in [-0.39, 0.29) is 11.3 Å². The molecule has 0 saturated carbocycles. The third kappa shape index (κ3) is 4.40. The number of carbonyl (C=O) groups is 2. The van der Waals surface area contributed by atoms with E-state index in [9.17, 15) is 22.8 Å². The lowest BCUT2D eigenvalue weighted by Crippen LogP contribution is -2.28. The fraction of sp³-hybridized carbons (Fsp3) is 0.300. The molecule has 1 rings (SSSR count). The lowest BCUT2D eigenvalue weighted by molar-refractivity contribution is -0.133. The van der Waals surface area contributed by atoms with Crippen molar-refractivity contribution in [3.63, 3.8) is 0 Å². The Morgan fingerprint density at radius 2 is 2.00 bits per heavy atom. The van der Waals surface area contributed by atoms with Crippen molar-refractivity contribution in [2.45, 2.75) is 12.6 Å². The summed E-state index contributed by atoms with van der Waals surface area (Å²) in [7, 11) is 0. The average Bonchev–Trinajstić information content (AvgIpc) is 2.27. The predicted molar refractivity (Wildman–Crippen MR) is 55.8 cm³/mol. The Bertz CT molecular complexity index is 443. The second-order valence-corrected chi connectivity index (χ2v) is 3.42. The van der Waals surface area contributed by atoms with Gasteiger partial charge in [0.2, 0.25) is 5.91 Å². The van der Waals surface area contributed by atoms with Gasteiger partial charge in [-0.05, 0) is 12.1 Å². The fourth-order valence-electron chi connectivity index (χ4n) is 1.08. The first-order valence-corrected chi connectivity index (χ1v) is 4.90. The van der Waals surface area contributed by atoms with Gasteiger partial charge in [-0.1, -0.05) is 0 Å². The number of pyridine rings is 1. The molecule has 2 amide bonds. The maximum atomic E-state index is 11.8. The van der Waals surface area contributed by atoms with Crippen LogP contribution in [0.2, 0.25) is 0 Å². The second-order valence-electron chi connectivity index (χ2n) is 3.42. The van der Waals surface area contributed by atoms with Gasteiger partial charge in [-0.3, -0.25) is 14.6 Å². The van der Waals surface area contributed by atoms with Crippen molar-refractivity contribution >= 4 is 11.8 Å². The van der Waals surface area contributed by atoms with Crippen LogP contribution in [0.5, 0.6) is 0 Å². The van der Waals surface area contributed by atoms with Crippen LogP contribution < -0.4 is 11.1 Å². The summed E-state index contributed by atoms with van der Waals surface area (Å²) in [6, 6.07) is 2.48. The molecule has 0 aliphatic carbocycles. The molecule has 0 aromatic carbocycles. The maximum Gasteiger partial charge on any atom is 0.390 e. The van der Waals surface area contributed by atoms with E-state index >= 15 is 0 Å². The van der Waals surface area contributed by atoms with Crippen molar-refractivity contribution in [1.82, 2.24) is 10.3 Å². The topological polar surface area (TPSA) is 85.1 Å². The Morgan fingerprint density at radius 3 is 2.44 bits per heavy atom. The first-order valence-electron chi connectivity index (χ1n) is 4.90. The lowest BCUT2D eigenvalue weighted by Gasteiger charge is -2.07. The molecule has 0 fully saturated rings. The van der Waals surface area contributed by atoms with Crippen molar-refractivity contribution in [2.24, 2.45) is 5.73 Å². The zero-order chi connectivity index (χ0) is 13.8. The molecule has 0 unspecified atom stereocenters. The van der Waals surface area contributed by atoms with E-state index in [0.29, 0.717) is 0 Å². The number of hydrogen-bond acceptors (Lipinski definition) is 3. The number of amides is 2. The molecule has 1 aromatic heterocycles. The van der Waals surface area contributed by atoms with Crippen LogP contribution in [0.1, 0.15) is 27.3 Å². The number of alkyl halides is 3. The summed E-state index contributed by atoms with van der Waals surface area (Å²) in [6.45, 7) is -0.526. The standard InChI is InChI=1S/C10H10F3N3O2/c11-10(12,13)3-4-15-9(18)7-2-1-6(5-16-7)8(14)17/h1-2,5H,3-4H2,(H2,14,17)(H,15,18). The first kappa shape index (κ1) is 13.9. The van der Waals surface area contributed by atoms with Crippen molar-refractivity contribution < 1.29 is 22.8 Å². The van der Waals surface area contributed by atoms with Crippen molar-refractivity contribution in [1.29, 1.82) is 0 Å². The third-order valence-electron chi connectivity index (χ3n) is 1.97. The fourth-order valence-corrected chi connectivity index (χ4v) is 1.08. The summed E-state index contributed by atoms with van der Waals surface area (Å²) in [5.74, 6) is -1.44. The molecule has 0 atom stereocenters. The van der Waals surface area contributed by atoms with Crippen molar-refractivity contribution in [3.05, 3.63) is 29.6 Å². The summed E-state index contributed by atoms with van der Waals surface area (Å²) in [5.41, 5.74) is 5.00. The van der Waals surface area contributed by atoms with Crippen LogP contribution in [0.3, 0.4) is 0 Å². The van der Waals surface area contributed by atoms with E-state index in [1.807, 2.05) is 0 Å². The molecule has 0 bridgehead atoms. The minimum atomic E-state index is -4.32. The number of halogens is 3. The van der Waals surface area contributed by atoms with Crippen LogP contribution in [0.25, 0.3) is 0 Å². The van der Waals surface area contributed by atoms with E-state index in [1.54, 1.807) is 0 Å². The molecular formula is C10H10F3N3O2. The Hall–Kier alpha value is -2.12. The van der Waals surface area contributed by atoms with E-state index in [4.69, 9.17) is 5.73 Å². The van der Waals surface area contributed by atoms with Crippen LogP contribution in [0.4, 0.5) is 13.2 Å². The number of nitrogens with two attached hydrogens (primary N) is 1. The monoisotopic (exact) mass is 261 g/mol. The normalized spacial score (nSPS) is 11.1. The van der Waals surface area contributed by atoms with Crippen LogP contribution in [-0.2, 0) is 0 Å². The van der Waals surface area contributed by atoms with E-state index in [1.165, 1.54) is 12.1 Å². The number of carbonyl (C=O) groups excluding carboxylic acids is 2. The van der Waals surface area contributed by atoms with Gasteiger partial charge in [0.1, 0.15) is 5.69 Å². The van der Waals surface area contributed by atoms with E-state index < -0.39 is 31.0 Å². The van der Waals surface area contributed by atoms with Crippen LogP contribution in [0, 0.1) is 0 Å². The molecule has 0 aliphatic heterocycles. The van der Waals surface area contributed by atoms with Gasteiger partial charge in [0.05, 0.1) is 12.0 Å². The Balaban J connectivity index is 2.54. The smallest absolute Gasteiger partial charge is 0.366 e. The highest BCUT2D eigenvalue weighted by Gasteiger charge is 2.26. The summed E-state index contributed by atoms with van der Waals surface area (Å²) < 4.78 is 35.5. The van der Waals surface area contributed by atoms with Crippen LogP contribution >= 0.6 is 0 Å². The summed E-state index contributed by atoms with van der Waals surface area (Å²) in [4.78, 5) is 25.7. The number of nitrogens with one attached hydrogen (secondary N) is 1. The molecule has 3 N–H and O–H groups in total. The minimum absolute atomic E-state index is 0.0813. The first-order chi connectivity index (χ1) is 8.29. The van der Waals surface area contributed by atoms with Crippen molar-refractivity contribution in [2.75, 3.05) is 6.54 Å². The Kier molecular flexibility index (Phi) is 4.24. The van der Waals surface area contributed by atoms with Gasteiger partial charge in [0, 0.05) is 12.7 Å². The molecule has 0 radical (unpaired) electrons. The van der Waals surface area contributed by atoms with Gasteiger partial charge < -0.3 is 11.1 Å². The number of nitrogens with zero attached hydrogens (tertiary/aromatic N) is 1. The molecule has 0 spiro atoms. The van der Waals surface area contributed by atoms with Gasteiger partial charge in [0.25, 0.3) is 5.91 Å². The minimum Gasteiger partial charge on any atom is -0.366 e. The van der Waals surface area contributed by atoms with Gasteiger partial charge >= 0.3 is 6.18 Å². The molecule has 8 heteroatoms. The van der Waals surface area contributed by atoms with Crippen LogP contribution in [0.15, 0.2) is 18.3 Å². The van der Waals surface area contributed by atoms with Gasteiger partial charge in [-0.2, -0.15) is 13.2 Å². The lowest BCUT2D eigenvalue weighted by atomic mass is 10.2. The van der Waals surface area contributed by atoms with Crippen molar-refractivity contribution in [3.8, 4) is 0 Å². The number of primary amides is 1. The number of rotatable bonds is 4. The predicted octanol–water partition coefficient (Wildman–Crippen LogP) is 0.863. The third-order valence-corrected chi connectivity index (χ3v) is 1.97. The zero-order valence-electron chi connectivity index (χ0n) is 9.12. The molecule has 0 saturated heterocycles. The Labute approximate surface area is 100 Å². The SMILES string of the molecule is NC(=O)c1ccc(C(=O)NCCC(F)(F)F)nc1. The second kappa shape index (κ2) is 5.48. The highest BCUT2D eigenvalue weighted by Crippen LogP contribution is 2.18. The molecular weight excluding hydrogens is 251 g/mol.